The molecule has 0 bridgehead atoms. The van der Waals surface area contributed by atoms with Crippen molar-refractivity contribution >= 4 is 0 Å². The van der Waals surface area contributed by atoms with E-state index in [4.69, 9.17) is 0 Å². The predicted molar refractivity (Wildman–Crippen MR) is 69.6 cm³/mol. The first-order valence-corrected chi connectivity index (χ1v) is 6.57. The molecule has 0 fully saturated rings. The van der Waals surface area contributed by atoms with Crippen LogP contribution in [-0.2, 0) is 0 Å². The van der Waals surface area contributed by atoms with E-state index in [0.717, 1.165) is 31.5 Å². The molecular weight excluding hydrogens is 215 g/mol. The van der Waals surface area contributed by atoms with Gasteiger partial charge < -0.3 is 5.32 Å². The number of hydrogen-bond donors (Lipinski definition) is 1. The van der Waals surface area contributed by atoms with Gasteiger partial charge in [-0.3, -0.25) is 4.98 Å². The summed E-state index contributed by atoms with van der Waals surface area (Å²) >= 11 is 0. The Labute approximate surface area is 104 Å². The SMILES string of the molecule is CCCNC(CC)C(CC)c1ccc(F)cn1. The molecule has 0 amide bonds. The summed E-state index contributed by atoms with van der Waals surface area (Å²) in [5.41, 5.74) is 0.990. The third-order valence-electron chi connectivity index (χ3n) is 3.15. The topological polar surface area (TPSA) is 24.9 Å². The van der Waals surface area contributed by atoms with Crippen molar-refractivity contribution in [2.24, 2.45) is 0 Å². The van der Waals surface area contributed by atoms with Gasteiger partial charge in [0.1, 0.15) is 5.82 Å². The van der Waals surface area contributed by atoms with Gasteiger partial charge in [0.25, 0.3) is 0 Å². The lowest BCUT2D eigenvalue weighted by Gasteiger charge is -2.26. The van der Waals surface area contributed by atoms with Crippen molar-refractivity contribution in [2.45, 2.75) is 52.0 Å². The maximum Gasteiger partial charge on any atom is 0.141 e. The number of hydrogen-bond acceptors (Lipinski definition) is 2. The van der Waals surface area contributed by atoms with Gasteiger partial charge in [0.15, 0.2) is 0 Å². The molecule has 1 rings (SSSR count). The highest BCUT2D eigenvalue weighted by atomic mass is 19.1. The van der Waals surface area contributed by atoms with Crippen LogP contribution < -0.4 is 5.32 Å². The van der Waals surface area contributed by atoms with E-state index >= 15 is 0 Å². The van der Waals surface area contributed by atoms with Crippen LogP contribution in [-0.4, -0.2) is 17.6 Å². The molecule has 0 radical (unpaired) electrons. The molecule has 96 valence electrons. The molecule has 17 heavy (non-hydrogen) atoms. The molecule has 0 aliphatic rings. The zero-order valence-corrected chi connectivity index (χ0v) is 11.0. The van der Waals surface area contributed by atoms with Gasteiger partial charge in [-0.2, -0.15) is 0 Å². The third kappa shape index (κ3) is 4.08. The summed E-state index contributed by atoms with van der Waals surface area (Å²) in [6.45, 7) is 7.53. The van der Waals surface area contributed by atoms with Crippen LogP contribution in [0, 0.1) is 5.82 Å². The molecule has 0 aromatic carbocycles. The van der Waals surface area contributed by atoms with E-state index in [1.807, 2.05) is 0 Å². The van der Waals surface area contributed by atoms with Gasteiger partial charge in [-0.1, -0.05) is 20.8 Å². The van der Waals surface area contributed by atoms with E-state index < -0.39 is 0 Å². The fourth-order valence-electron chi connectivity index (χ4n) is 2.21. The average Bonchev–Trinajstić information content (AvgIpc) is 2.36. The predicted octanol–water partition coefficient (Wildman–Crippen LogP) is 3.49. The van der Waals surface area contributed by atoms with Crippen molar-refractivity contribution in [1.82, 2.24) is 10.3 Å². The number of aromatic nitrogens is 1. The Morgan fingerprint density at radius 2 is 2.00 bits per heavy atom. The van der Waals surface area contributed by atoms with Gasteiger partial charge in [-0.25, -0.2) is 4.39 Å². The maximum atomic E-state index is 12.9. The van der Waals surface area contributed by atoms with E-state index in [2.05, 4.69) is 31.1 Å². The summed E-state index contributed by atoms with van der Waals surface area (Å²) in [7, 11) is 0. The lowest BCUT2D eigenvalue weighted by Crippen LogP contribution is -2.35. The highest BCUT2D eigenvalue weighted by Gasteiger charge is 2.20. The molecule has 0 aliphatic heterocycles. The van der Waals surface area contributed by atoms with E-state index in [0.29, 0.717) is 12.0 Å². The van der Waals surface area contributed by atoms with Gasteiger partial charge in [0.2, 0.25) is 0 Å². The van der Waals surface area contributed by atoms with Crippen LogP contribution in [0.3, 0.4) is 0 Å². The maximum absolute atomic E-state index is 12.9. The molecule has 0 saturated carbocycles. The Morgan fingerprint density at radius 3 is 2.47 bits per heavy atom. The monoisotopic (exact) mass is 238 g/mol. The van der Waals surface area contributed by atoms with Gasteiger partial charge in [0.05, 0.1) is 6.20 Å². The number of rotatable bonds is 7. The second-order valence-corrected chi connectivity index (χ2v) is 4.38. The molecular formula is C14H23FN2. The molecule has 0 aliphatic carbocycles. The average molecular weight is 238 g/mol. The quantitative estimate of drug-likeness (QED) is 0.786. The summed E-state index contributed by atoms with van der Waals surface area (Å²) < 4.78 is 12.9. The molecule has 2 unspecified atom stereocenters. The molecule has 2 nitrogen and oxygen atoms in total. The van der Waals surface area contributed by atoms with Crippen molar-refractivity contribution in [3.8, 4) is 0 Å². The Balaban J connectivity index is 2.77. The highest BCUT2D eigenvalue weighted by Crippen LogP contribution is 2.23. The second kappa shape index (κ2) is 7.38. The third-order valence-corrected chi connectivity index (χ3v) is 3.15. The standard InChI is InChI=1S/C14H23FN2/c1-4-9-16-13(6-3)12(5-2)14-8-7-11(15)10-17-14/h7-8,10,12-13,16H,4-6,9H2,1-3H3. The molecule has 1 aromatic heterocycles. The number of nitrogens with one attached hydrogen (secondary N) is 1. The zero-order chi connectivity index (χ0) is 12.7. The van der Waals surface area contributed by atoms with Gasteiger partial charge >= 0.3 is 0 Å². The summed E-state index contributed by atoms with van der Waals surface area (Å²) in [5.74, 6) is 0.102. The number of nitrogens with zero attached hydrogens (tertiary/aromatic N) is 1. The Morgan fingerprint density at radius 1 is 1.24 bits per heavy atom. The van der Waals surface area contributed by atoms with Crippen LogP contribution in [0.1, 0.15) is 51.6 Å². The second-order valence-electron chi connectivity index (χ2n) is 4.38. The summed E-state index contributed by atoms with van der Waals surface area (Å²) in [6.07, 6.45) is 4.53. The minimum Gasteiger partial charge on any atom is -0.313 e. The van der Waals surface area contributed by atoms with Crippen LogP contribution in [0.25, 0.3) is 0 Å². The Bertz CT molecular complexity index is 311. The molecule has 0 spiro atoms. The lowest BCUT2D eigenvalue weighted by molar-refractivity contribution is 0.405. The zero-order valence-electron chi connectivity index (χ0n) is 11.0. The largest absolute Gasteiger partial charge is 0.313 e. The minimum absolute atomic E-state index is 0.266. The summed E-state index contributed by atoms with van der Waals surface area (Å²) in [6, 6.07) is 3.73. The van der Waals surface area contributed by atoms with Crippen LogP contribution >= 0.6 is 0 Å². The van der Waals surface area contributed by atoms with Crippen molar-refractivity contribution < 1.29 is 4.39 Å². The van der Waals surface area contributed by atoms with Gasteiger partial charge in [0, 0.05) is 17.7 Å². The van der Waals surface area contributed by atoms with Crippen molar-refractivity contribution in [3.05, 3.63) is 29.8 Å². The van der Waals surface area contributed by atoms with E-state index in [-0.39, 0.29) is 5.82 Å². The van der Waals surface area contributed by atoms with E-state index in [1.165, 1.54) is 12.3 Å². The molecule has 3 heteroatoms. The molecule has 1 N–H and O–H groups in total. The molecule has 0 saturated heterocycles. The van der Waals surface area contributed by atoms with Crippen molar-refractivity contribution in [2.75, 3.05) is 6.54 Å². The van der Waals surface area contributed by atoms with Gasteiger partial charge in [-0.05, 0) is 37.9 Å². The molecule has 2 atom stereocenters. The number of pyridine rings is 1. The van der Waals surface area contributed by atoms with Crippen molar-refractivity contribution in [3.63, 3.8) is 0 Å². The molecule has 1 aromatic rings. The van der Waals surface area contributed by atoms with Crippen LogP contribution in [0.4, 0.5) is 4.39 Å². The summed E-state index contributed by atoms with van der Waals surface area (Å²) in [4.78, 5) is 4.21. The summed E-state index contributed by atoms with van der Waals surface area (Å²) in [5, 5.41) is 3.55. The van der Waals surface area contributed by atoms with Crippen LogP contribution in [0.5, 0.6) is 0 Å². The van der Waals surface area contributed by atoms with E-state index in [9.17, 15) is 4.39 Å². The minimum atomic E-state index is -0.266. The first-order valence-electron chi connectivity index (χ1n) is 6.57. The first-order chi connectivity index (χ1) is 8.22. The van der Waals surface area contributed by atoms with Crippen molar-refractivity contribution in [1.29, 1.82) is 0 Å². The fourth-order valence-corrected chi connectivity index (χ4v) is 2.21. The Kier molecular flexibility index (Phi) is 6.12. The van der Waals surface area contributed by atoms with E-state index in [1.54, 1.807) is 6.07 Å². The molecule has 1 heterocycles. The lowest BCUT2D eigenvalue weighted by atomic mass is 9.91. The normalized spacial score (nSPS) is 14.6. The smallest absolute Gasteiger partial charge is 0.141 e. The Hall–Kier alpha value is -0.960. The van der Waals surface area contributed by atoms with Crippen LogP contribution in [0.15, 0.2) is 18.3 Å². The fraction of sp³-hybridized carbons (Fsp3) is 0.643. The first kappa shape index (κ1) is 14.1. The highest BCUT2D eigenvalue weighted by molar-refractivity contribution is 5.12. The van der Waals surface area contributed by atoms with Crippen LogP contribution in [0.2, 0.25) is 0 Å². The van der Waals surface area contributed by atoms with Gasteiger partial charge in [-0.15, -0.1) is 0 Å². The number of halogens is 1.